The first kappa shape index (κ1) is 14.9. The van der Waals surface area contributed by atoms with Crippen molar-refractivity contribution in [1.29, 1.82) is 0 Å². The third-order valence-electron chi connectivity index (χ3n) is 3.68. The maximum absolute atomic E-state index is 5.67. The van der Waals surface area contributed by atoms with Gasteiger partial charge < -0.3 is 9.47 Å². The van der Waals surface area contributed by atoms with Gasteiger partial charge in [0, 0.05) is 4.47 Å². The monoisotopic (exact) mass is 410 g/mol. The largest absolute Gasteiger partial charge is 0.486 e. The Morgan fingerprint density at radius 2 is 1.67 bits per heavy atom. The van der Waals surface area contributed by atoms with Gasteiger partial charge >= 0.3 is 0 Å². The second-order valence-electron chi connectivity index (χ2n) is 5.22. The van der Waals surface area contributed by atoms with Crippen molar-refractivity contribution in [3.63, 3.8) is 0 Å². The number of alkyl halides is 1. The minimum Gasteiger partial charge on any atom is -0.486 e. The van der Waals surface area contributed by atoms with E-state index in [2.05, 4.69) is 70.0 Å². The van der Waals surface area contributed by atoms with Crippen molar-refractivity contribution in [3.05, 3.63) is 57.1 Å². The molecule has 0 saturated carbocycles. The first-order valence-corrected chi connectivity index (χ1v) is 8.57. The number of aryl methyl sites for hydroxylation is 2. The summed E-state index contributed by atoms with van der Waals surface area (Å²) in [7, 11) is 0. The Hall–Kier alpha value is -1.00. The van der Waals surface area contributed by atoms with Crippen molar-refractivity contribution in [2.24, 2.45) is 0 Å². The second kappa shape index (κ2) is 6.01. The first-order chi connectivity index (χ1) is 10.1. The summed E-state index contributed by atoms with van der Waals surface area (Å²) in [5.41, 5.74) is 4.93. The van der Waals surface area contributed by atoms with E-state index in [1.807, 2.05) is 6.07 Å². The molecule has 0 saturated heterocycles. The molecule has 1 atom stereocenters. The molecule has 2 aromatic carbocycles. The Bertz CT molecular complexity index is 683. The van der Waals surface area contributed by atoms with E-state index in [1.54, 1.807) is 0 Å². The van der Waals surface area contributed by atoms with Gasteiger partial charge in [0.2, 0.25) is 0 Å². The van der Waals surface area contributed by atoms with Crippen molar-refractivity contribution < 1.29 is 9.47 Å². The highest BCUT2D eigenvalue weighted by atomic mass is 79.9. The van der Waals surface area contributed by atoms with Crippen LogP contribution < -0.4 is 9.47 Å². The molecular formula is C17H16Br2O2. The Kier molecular flexibility index (Phi) is 4.27. The minimum atomic E-state index is 0.139. The Balaban J connectivity index is 1.98. The zero-order valence-corrected chi connectivity index (χ0v) is 15.1. The molecule has 1 aliphatic heterocycles. The lowest BCUT2D eigenvalue weighted by Crippen LogP contribution is -2.15. The number of benzene rings is 2. The fourth-order valence-electron chi connectivity index (χ4n) is 2.47. The lowest BCUT2D eigenvalue weighted by molar-refractivity contribution is 0.171. The average molecular weight is 412 g/mol. The van der Waals surface area contributed by atoms with Crippen LogP contribution in [0.25, 0.3) is 0 Å². The summed E-state index contributed by atoms with van der Waals surface area (Å²) in [5.74, 6) is 1.66. The summed E-state index contributed by atoms with van der Waals surface area (Å²) in [4.78, 5) is 0.139. The molecule has 0 fully saturated rings. The lowest BCUT2D eigenvalue weighted by atomic mass is 9.98. The molecule has 0 spiro atoms. The lowest BCUT2D eigenvalue weighted by Gasteiger charge is -2.21. The van der Waals surface area contributed by atoms with Crippen LogP contribution in [0.5, 0.6) is 11.5 Å². The molecule has 0 amide bonds. The molecule has 0 bridgehead atoms. The third kappa shape index (κ3) is 2.97. The zero-order valence-electron chi connectivity index (χ0n) is 12.0. The average Bonchev–Trinajstić information content (AvgIpc) is 2.50. The number of ether oxygens (including phenoxy) is 2. The number of fused-ring (bicyclic) bond motifs is 1. The summed E-state index contributed by atoms with van der Waals surface area (Å²) in [6, 6.07) is 10.5. The SMILES string of the molecule is Cc1cc(C(Br)c2ccc3c(c2)OCCO3)c(C)cc1Br. The smallest absolute Gasteiger partial charge is 0.161 e. The quantitative estimate of drug-likeness (QED) is 0.622. The van der Waals surface area contributed by atoms with Gasteiger partial charge in [-0.1, -0.05) is 44.0 Å². The molecule has 0 aromatic heterocycles. The van der Waals surface area contributed by atoms with Gasteiger partial charge in [-0.3, -0.25) is 0 Å². The van der Waals surface area contributed by atoms with E-state index in [0.717, 1.165) is 16.0 Å². The zero-order chi connectivity index (χ0) is 15.0. The molecule has 21 heavy (non-hydrogen) atoms. The van der Waals surface area contributed by atoms with Crippen LogP contribution in [0, 0.1) is 13.8 Å². The van der Waals surface area contributed by atoms with Gasteiger partial charge in [-0.2, -0.15) is 0 Å². The molecule has 110 valence electrons. The molecule has 2 nitrogen and oxygen atoms in total. The molecule has 0 aliphatic carbocycles. The topological polar surface area (TPSA) is 18.5 Å². The predicted octanol–water partition coefficient (Wildman–Crippen LogP) is 5.32. The number of hydrogen-bond donors (Lipinski definition) is 0. The normalized spacial score (nSPS) is 14.9. The van der Waals surface area contributed by atoms with Crippen LogP contribution >= 0.6 is 31.9 Å². The van der Waals surface area contributed by atoms with Crippen LogP contribution in [0.3, 0.4) is 0 Å². The van der Waals surface area contributed by atoms with E-state index in [0.29, 0.717) is 13.2 Å². The summed E-state index contributed by atoms with van der Waals surface area (Å²) in [6.07, 6.45) is 0. The van der Waals surface area contributed by atoms with Crippen molar-refractivity contribution in [3.8, 4) is 11.5 Å². The molecule has 1 aliphatic rings. The van der Waals surface area contributed by atoms with Crippen molar-refractivity contribution in [2.75, 3.05) is 13.2 Å². The number of hydrogen-bond acceptors (Lipinski definition) is 2. The number of halogens is 2. The molecule has 0 radical (unpaired) electrons. The van der Waals surface area contributed by atoms with Crippen LogP contribution in [0.4, 0.5) is 0 Å². The highest BCUT2D eigenvalue weighted by Gasteiger charge is 2.18. The van der Waals surface area contributed by atoms with Gasteiger partial charge in [-0.25, -0.2) is 0 Å². The van der Waals surface area contributed by atoms with E-state index in [9.17, 15) is 0 Å². The molecule has 3 rings (SSSR count). The fourth-order valence-corrected chi connectivity index (χ4v) is 3.71. The summed E-state index contributed by atoms with van der Waals surface area (Å²) >= 11 is 7.40. The van der Waals surface area contributed by atoms with E-state index in [1.165, 1.54) is 22.3 Å². The summed E-state index contributed by atoms with van der Waals surface area (Å²) < 4.78 is 12.4. The molecular weight excluding hydrogens is 396 g/mol. The Morgan fingerprint density at radius 1 is 0.952 bits per heavy atom. The standard InChI is InChI=1S/C17H16Br2O2/c1-10-8-14(18)11(2)7-13(10)17(19)12-3-4-15-16(9-12)21-6-5-20-15/h3-4,7-9,17H,5-6H2,1-2H3. The van der Waals surface area contributed by atoms with Gasteiger partial charge in [-0.05, 0) is 54.3 Å². The minimum absolute atomic E-state index is 0.139. The molecule has 2 aromatic rings. The van der Waals surface area contributed by atoms with Gasteiger partial charge in [0.15, 0.2) is 11.5 Å². The highest BCUT2D eigenvalue weighted by molar-refractivity contribution is 9.10. The number of rotatable bonds is 2. The van der Waals surface area contributed by atoms with E-state index in [4.69, 9.17) is 9.47 Å². The first-order valence-electron chi connectivity index (χ1n) is 6.86. The van der Waals surface area contributed by atoms with Crippen LogP contribution in [0.1, 0.15) is 27.1 Å². The van der Waals surface area contributed by atoms with Crippen LogP contribution in [0.2, 0.25) is 0 Å². The van der Waals surface area contributed by atoms with E-state index >= 15 is 0 Å². The Morgan fingerprint density at radius 3 is 2.43 bits per heavy atom. The van der Waals surface area contributed by atoms with Crippen LogP contribution in [0.15, 0.2) is 34.8 Å². The summed E-state index contributed by atoms with van der Waals surface area (Å²) in [5, 5.41) is 0. The van der Waals surface area contributed by atoms with Gasteiger partial charge in [0.25, 0.3) is 0 Å². The maximum atomic E-state index is 5.67. The molecule has 4 heteroatoms. The van der Waals surface area contributed by atoms with Gasteiger partial charge in [0.1, 0.15) is 13.2 Å². The third-order valence-corrected chi connectivity index (χ3v) is 5.56. The van der Waals surface area contributed by atoms with Crippen molar-refractivity contribution in [1.82, 2.24) is 0 Å². The van der Waals surface area contributed by atoms with Crippen LogP contribution in [-0.2, 0) is 0 Å². The van der Waals surface area contributed by atoms with E-state index < -0.39 is 0 Å². The highest BCUT2D eigenvalue weighted by Crippen LogP contribution is 2.39. The van der Waals surface area contributed by atoms with Gasteiger partial charge in [-0.15, -0.1) is 0 Å². The van der Waals surface area contributed by atoms with Crippen molar-refractivity contribution in [2.45, 2.75) is 18.7 Å². The molecule has 1 unspecified atom stereocenters. The summed E-state index contributed by atoms with van der Waals surface area (Å²) in [6.45, 7) is 5.47. The molecule has 0 N–H and O–H groups in total. The van der Waals surface area contributed by atoms with E-state index in [-0.39, 0.29) is 4.83 Å². The Labute approximate surface area is 141 Å². The van der Waals surface area contributed by atoms with Crippen molar-refractivity contribution >= 4 is 31.9 Å². The van der Waals surface area contributed by atoms with Gasteiger partial charge in [0.05, 0.1) is 4.83 Å². The molecule has 1 heterocycles. The maximum Gasteiger partial charge on any atom is 0.161 e. The van der Waals surface area contributed by atoms with Crippen LogP contribution in [-0.4, -0.2) is 13.2 Å². The second-order valence-corrected chi connectivity index (χ2v) is 6.99. The predicted molar refractivity (Wildman–Crippen MR) is 91.8 cm³/mol. The fraction of sp³-hybridized carbons (Fsp3) is 0.294.